The number of ether oxygens (including phenoxy) is 1. The fourth-order valence-corrected chi connectivity index (χ4v) is 2.82. The molecule has 0 radical (unpaired) electrons. The van der Waals surface area contributed by atoms with Gasteiger partial charge in [-0.2, -0.15) is 0 Å². The van der Waals surface area contributed by atoms with Crippen LogP contribution in [-0.2, 0) is 4.79 Å². The summed E-state index contributed by atoms with van der Waals surface area (Å²) in [4.78, 5) is 11.9. The van der Waals surface area contributed by atoms with Crippen LogP contribution in [-0.4, -0.2) is 12.5 Å². The highest BCUT2D eigenvalue weighted by Crippen LogP contribution is 2.31. The molecular formula is C15H12BrCl2NO2. The van der Waals surface area contributed by atoms with Crippen molar-refractivity contribution >= 4 is 50.7 Å². The minimum absolute atomic E-state index is 0.130. The molecule has 110 valence electrons. The Morgan fingerprint density at radius 3 is 2.71 bits per heavy atom. The molecule has 0 saturated carbocycles. The summed E-state index contributed by atoms with van der Waals surface area (Å²) in [7, 11) is 0. The average Bonchev–Trinajstić information content (AvgIpc) is 2.37. The van der Waals surface area contributed by atoms with Gasteiger partial charge in [0.05, 0.1) is 5.02 Å². The molecule has 1 amide bonds. The summed E-state index contributed by atoms with van der Waals surface area (Å²) in [5.41, 5.74) is 1.47. The van der Waals surface area contributed by atoms with E-state index in [0.717, 1.165) is 10.0 Å². The van der Waals surface area contributed by atoms with Gasteiger partial charge in [0.15, 0.2) is 6.61 Å². The van der Waals surface area contributed by atoms with Crippen LogP contribution >= 0.6 is 39.1 Å². The molecule has 2 aromatic carbocycles. The number of carbonyl (C=O) groups is 1. The fourth-order valence-electron chi connectivity index (χ4n) is 1.77. The van der Waals surface area contributed by atoms with Crippen molar-refractivity contribution in [2.75, 3.05) is 11.9 Å². The Labute approximate surface area is 141 Å². The first-order valence-corrected chi connectivity index (χ1v) is 7.64. The molecule has 0 heterocycles. The minimum Gasteiger partial charge on any atom is -0.482 e. The van der Waals surface area contributed by atoms with Gasteiger partial charge in [0.2, 0.25) is 0 Å². The number of hydrogen-bond donors (Lipinski definition) is 1. The second-order valence-electron chi connectivity index (χ2n) is 4.38. The summed E-state index contributed by atoms with van der Waals surface area (Å²) < 4.78 is 6.36. The Bertz CT molecular complexity index is 653. The summed E-state index contributed by atoms with van der Waals surface area (Å²) >= 11 is 15.3. The largest absolute Gasteiger partial charge is 0.482 e. The van der Waals surface area contributed by atoms with Gasteiger partial charge in [-0.05, 0) is 42.8 Å². The van der Waals surface area contributed by atoms with Crippen molar-refractivity contribution in [3.63, 3.8) is 0 Å². The van der Waals surface area contributed by atoms with E-state index in [1.165, 1.54) is 0 Å². The maximum Gasteiger partial charge on any atom is 0.262 e. The van der Waals surface area contributed by atoms with Crippen molar-refractivity contribution in [2.45, 2.75) is 6.92 Å². The Hall–Kier alpha value is -1.23. The highest BCUT2D eigenvalue weighted by atomic mass is 79.9. The molecular weight excluding hydrogens is 377 g/mol. The Kier molecular flexibility index (Phi) is 5.51. The lowest BCUT2D eigenvalue weighted by Gasteiger charge is -2.11. The molecule has 0 aliphatic heterocycles. The van der Waals surface area contributed by atoms with E-state index in [2.05, 4.69) is 21.2 Å². The number of anilines is 1. The molecule has 2 aromatic rings. The minimum atomic E-state index is -0.265. The fraction of sp³-hybridized carbons (Fsp3) is 0.133. The predicted octanol–water partition coefficient (Wildman–Crippen LogP) is 5.08. The number of halogens is 3. The average molecular weight is 389 g/mol. The van der Waals surface area contributed by atoms with E-state index in [9.17, 15) is 4.79 Å². The zero-order valence-electron chi connectivity index (χ0n) is 11.1. The lowest BCUT2D eigenvalue weighted by molar-refractivity contribution is -0.118. The van der Waals surface area contributed by atoms with Gasteiger partial charge in [0, 0.05) is 15.2 Å². The van der Waals surface area contributed by atoms with Gasteiger partial charge in [-0.3, -0.25) is 4.79 Å². The monoisotopic (exact) mass is 387 g/mol. The highest BCUT2D eigenvalue weighted by molar-refractivity contribution is 9.10. The number of amides is 1. The molecule has 0 aromatic heterocycles. The van der Waals surface area contributed by atoms with E-state index in [1.54, 1.807) is 24.3 Å². The predicted molar refractivity (Wildman–Crippen MR) is 89.5 cm³/mol. The Balaban J connectivity index is 1.99. The van der Waals surface area contributed by atoms with Gasteiger partial charge in [0.1, 0.15) is 5.75 Å². The van der Waals surface area contributed by atoms with Crippen molar-refractivity contribution in [1.29, 1.82) is 0 Å². The van der Waals surface area contributed by atoms with Gasteiger partial charge in [-0.1, -0.05) is 45.2 Å². The highest BCUT2D eigenvalue weighted by Gasteiger charge is 2.10. The van der Waals surface area contributed by atoms with E-state index in [0.29, 0.717) is 21.5 Å². The van der Waals surface area contributed by atoms with Crippen LogP contribution in [0.2, 0.25) is 10.0 Å². The number of benzene rings is 2. The molecule has 2 rings (SSSR count). The molecule has 0 spiro atoms. The number of aryl methyl sites for hydroxylation is 1. The lowest BCUT2D eigenvalue weighted by atomic mass is 10.2. The third-order valence-corrected chi connectivity index (χ3v) is 3.64. The molecule has 21 heavy (non-hydrogen) atoms. The molecule has 0 fully saturated rings. The van der Waals surface area contributed by atoms with Crippen LogP contribution in [0.1, 0.15) is 5.56 Å². The van der Waals surface area contributed by atoms with E-state index in [1.807, 2.05) is 19.1 Å². The van der Waals surface area contributed by atoms with E-state index in [-0.39, 0.29) is 12.5 Å². The molecule has 0 aliphatic rings. The summed E-state index contributed by atoms with van der Waals surface area (Å²) in [6.45, 7) is 1.69. The van der Waals surface area contributed by atoms with Gasteiger partial charge >= 0.3 is 0 Å². The van der Waals surface area contributed by atoms with Gasteiger partial charge in [0.25, 0.3) is 5.91 Å². The van der Waals surface area contributed by atoms with E-state index >= 15 is 0 Å². The van der Waals surface area contributed by atoms with Gasteiger partial charge in [-0.25, -0.2) is 0 Å². The first kappa shape index (κ1) is 16.1. The second kappa shape index (κ2) is 7.16. The SMILES string of the molecule is Cc1cc(Cl)cc(Cl)c1OCC(=O)Nc1cccc(Br)c1. The third-order valence-electron chi connectivity index (χ3n) is 2.65. The molecule has 3 nitrogen and oxygen atoms in total. The molecule has 6 heteroatoms. The summed E-state index contributed by atoms with van der Waals surface area (Å²) in [6, 6.07) is 10.6. The van der Waals surface area contributed by atoms with Crippen molar-refractivity contribution in [3.05, 3.63) is 56.5 Å². The van der Waals surface area contributed by atoms with Crippen LogP contribution in [0.25, 0.3) is 0 Å². The van der Waals surface area contributed by atoms with Crippen molar-refractivity contribution < 1.29 is 9.53 Å². The normalized spacial score (nSPS) is 10.3. The summed E-state index contributed by atoms with van der Waals surface area (Å²) in [5, 5.41) is 3.66. The van der Waals surface area contributed by atoms with Crippen molar-refractivity contribution in [2.24, 2.45) is 0 Å². The quantitative estimate of drug-likeness (QED) is 0.792. The van der Waals surface area contributed by atoms with Gasteiger partial charge in [-0.15, -0.1) is 0 Å². The van der Waals surface area contributed by atoms with Crippen molar-refractivity contribution in [1.82, 2.24) is 0 Å². The summed E-state index contributed by atoms with van der Waals surface area (Å²) in [6.07, 6.45) is 0. The first-order valence-electron chi connectivity index (χ1n) is 6.09. The molecule has 1 N–H and O–H groups in total. The molecule has 0 bridgehead atoms. The first-order chi connectivity index (χ1) is 9.95. The second-order valence-corrected chi connectivity index (χ2v) is 6.14. The molecule has 0 unspecified atom stereocenters. The van der Waals surface area contributed by atoms with Gasteiger partial charge < -0.3 is 10.1 Å². The maximum absolute atomic E-state index is 11.9. The smallest absolute Gasteiger partial charge is 0.262 e. The zero-order chi connectivity index (χ0) is 15.4. The van der Waals surface area contributed by atoms with E-state index in [4.69, 9.17) is 27.9 Å². The number of hydrogen-bond acceptors (Lipinski definition) is 2. The molecule has 0 atom stereocenters. The Morgan fingerprint density at radius 1 is 1.29 bits per heavy atom. The van der Waals surface area contributed by atoms with Crippen LogP contribution in [0, 0.1) is 6.92 Å². The number of carbonyl (C=O) groups excluding carboxylic acids is 1. The summed E-state index contributed by atoms with van der Waals surface area (Å²) in [5.74, 6) is 0.198. The number of nitrogens with one attached hydrogen (secondary N) is 1. The van der Waals surface area contributed by atoms with Crippen LogP contribution in [0.3, 0.4) is 0 Å². The Morgan fingerprint density at radius 2 is 2.05 bits per heavy atom. The van der Waals surface area contributed by atoms with Crippen LogP contribution in [0.15, 0.2) is 40.9 Å². The van der Waals surface area contributed by atoms with Crippen LogP contribution < -0.4 is 10.1 Å². The zero-order valence-corrected chi connectivity index (χ0v) is 14.2. The maximum atomic E-state index is 11.9. The molecule has 0 saturated heterocycles. The van der Waals surface area contributed by atoms with Crippen molar-refractivity contribution in [3.8, 4) is 5.75 Å². The van der Waals surface area contributed by atoms with Crippen LogP contribution in [0.4, 0.5) is 5.69 Å². The number of rotatable bonds is 4. The standard InChI is InChI=1S/C15H12BrCl2NO2/c1-9-5-11(17)7-13(18)15(9)21-8-14(20)19-12-4-2-3-10(16)6-12/h2-7H,8H2,1H3,(H,19,20). The topological polar surface area (TPSA) is 38.3 Å². The van der Waals surface area contributed by atoms with E-state index < -0.39 is 0 Å². The third kappa shape index (κ3) is 4.63. The lowest BCUT2D eigenvalue weighted by Crippen LogP contribution is -2.20. The van der Waals surface area contributed by atoms with Crippen LogP contribution in [0.5, 0.6) is 5.75 Å². The molecule has 0 aliphatic carbocycles.